The number of halogens is 1. The van der Waals surface area contributed by atoms with Crippen molar-refractivity contribution >= 4 is 15.9 Å². The second-order valence-electron chi connectivity index (χ2n) is 5.02. The van der Waals surface area contributed by atoms with Gasteiger partial charge >= 0.3 is 0 Å². The molecule has 3 N–H and O–H groups in total. The van der Waals surface area contributed by atoms with E-state index in [1.807, 2.05) is 18.2 Å². The van der Waals surface area contributed by atoms with Gasteiger partial charge in [0.05, 0.1) is 12.6 Å². The molecule has 0 aliphatic heterocycles. The first kappa shape index (κ1) is 16.0. The van der Waals surface area contributed by atoms with Crippen molar-refractivity contribution in [1.29, 1.82) is 0 Å². The Hall–Kier alpha value is -1.36. The molecule has 0 heterocycles. The predicted octanol–water partition coefficient (Wildman–Crippen LogP) is 4.10. The Morgan fingerprint density at radius 1 is 1.19 bits per heavy atom. The van der Waals surface area contributed by atoms with E-state index in [4.69, 9.17) is 10.6 Å². The van der Waals surface area contributed by atoms with E-state index >= 15 is 0 Å². The SMILES string of the molecule is CCCOc1ccc(C(NN)c2ccc(Br)cc2C)cc1. The zero-order chi connectivity index (χ0) is 15.2. The summed E-state index contributed by atoms with van der Waals surface area (Å²) >= 11 is 3.49. The maximum Gasteiger partial charge on any atom is 0.119 e. The summed E-state index contributed by atoms with van der Waals surface area (Å²) in [5, 5.41) is 0. The topological polar surface area (TPSA) is 47.3 Å². The lowest BCUT2D eigenvalue weighted by molar-refractivity contribution is 0.317. The lowest BCUT2D eigenvalue weighted by atomic mass is 9.95. The summed E-state index contributed by atoms with van der Waals surface area (Å²) in [6, 6.07) is 14.3. The maximum absolute atomic E-state index is 5.77. The van der Waals surface area contributed by atoms with Crippen LogP contribution < -0.4 is 16.0 Å². The number of ether oxygens (including phenoxy) is 1. The summed E-state index contributed by atoms with van der Waals surface area (Å²) in [4.78, 5) is 0. The number of hydrazine groups is 1. The van der Waals surface area contributed by atoms with Gasteiger partial charge in [0, 0.05) is 4.47 Å². The van der Waals surface area contributed by atoms with Crippen molar-refractivity contribution in [3.63, 3.8) is 0 Å². The van der Waals surface area contributed by atoms with E-state index in [-0.39, 0.29) is 6.04 Å². The zero-order valence-corrected chi connectivity index (χ0v) is 14.0. The highest BCUT2D eigenvalue weighted by Gasteiger charge is 2.14. The smallest absolute Gasteiger partial charge is 0.119 e. The molecule has 2 aromatic carbocycles. The Labute approximate surface area is 134 Å². The van der Waals surface area contributed by atoms with Gasteiger partial charge in [0.2, 0.25) is 0 Å². The Bertz CT molecular complexity index is 584. The van der Waals surface area contributed by atoms with Crippen molar-refractivity contribution in [1.82, 2.24) is 5.43 Å². The second-order valence-corrected chi connectivity index (χ2v) is 5.93. The van der Waals surface area contributed by atoms with Gasteiger partial charge in [0.15, 0.2) is 0 Å². The molecule has 0 spiro atoms. The van der Waals surface area contributed by atoms with Crippen LogP contribution >= 0.6 is 15.9 Å². The van der Waals surface area contributed by atoms with Gasteiger partial charge in [-0.25, -0.2) is 5.43 Å². The van der Waals surface area contributed by atoms with Crippen molar-refractivity contribution in [2.24, 2.45) is 5.84 Å². The first-order valence-corrected chi connectivity index (χ1v) is 7.90. The number of rotatable bonds is 6. The molecule has 0 aliphatic carbocycles. The predicted molar refractivity (Wildman–Crippen MR) is 90.3 cm³/mol. The third kappa shape index (κ3) is 4.06. The summed E-state index contributed by atoms with van der Waals surface area (Å²) in [6.45, 7) is 4.92. The minimum atomic E-state index is -0.0293. The van der Waals surface area contributed by atoms with Gasteiger partial charge in [-0.05, 0) is 54.3 Å². The third-order valence-corrected chi connectivity index (χ3v) is 3.89. The summed E-state index contributed by atoms with van der Waals surface area (Å²) in [5.41, 5.74) is 6.38. The Balaban J connectivity index is 2.24. The van der Waals surface area contributed by atoms with Gasteiger partial charge in [-0.2, -0.15) is 0 Å². The molecule has 0 aliphatic rings. The summed E-state index contributed by atoms with van der Waals surface area (Å²) < 4.78 is 6.68. The van der Waals surface area contributed by atoms with E-state index in [0.29, 0.717) is 0 Å². The minimum Gasteiger partial charge on any atom is -0.494 e. The van der Waals surface area contributed by atoms with Gasteiger partial charge in [0.25, 0.3) is 0 Å². The molecule has 0 radical (unpaired) electrons. The fourth-order valence-corrected chi connectivity index (χ4v) is 2.78. The number of hydrogen-bond donors (Lipinski definition) is 2. The molecular weight excluding hydrogens is 328 g/mol. The molecule has 0 amide bonds. The number of benzene rings is 2. The normalized spacial score (nSPS) is 12.2. The van der Waals surface area contributed by atoms with Crippen LogP contribution in [0.5, 0.6) is 5.75 Å². The number of nitrogens with two attached hydrogens (primary N) is 1. The van der Waals surface area contributed by atoms with Crippen molar-refractivity contribution in [2.75, 3.05) is 6.61 Å². The number of hydrogen-bond acceptors (Lipinski definition) is 3. The average molecular weight is 349 g/mol. The molecule has 2 rings (SSSR count). The fraction of sp³-hybridized carbons (Fsp3) is 0.294. The lowest BCUT2D eigenvalue weighted by Gasteiger charge is -2.19. The summed E-state index contributed by atoms with van der Waals surface area (Å²) in [5.74, 6) is 6.66. The van der Waals surface area contributed by atoms with E-state index in [2.05, 4.69) is 59.5 Å². The maximum atomic E-state index is 5.77. The molecule has 0 saturated carbocycles. The highest BCUT2D eigenvalue weighted by Crippen LogP contribution is 2.27. The van der Waals surface area contributed by atoms with E-state index in [9.17, 15) is 0 Å². The lowest BCUT2D eigenvalue weighted by Crippen LogP contribution is -2.29. The van der Waals surface area contributed by atoms with Gasteiger partial charge in [-0.15, -0.1) is 0 Å². The first-order chi connectivity index (χ1) is 10.2. The minimum absolute atomic E-state index is 0.0293. The third-order valence-electron chi connectivity index (χ3n) is 3.40. The van der Waals surface area contributed by atoms with Crippen LogP contribution in [-0.4, -0.2) is 6.61 Å². The van der Waals surface area contributed by atoms with Crippen LogP contribution in [-0.2, 0) is 0 Å². The monoisotopic (exact) mass is 348 g/mol. The van der Waals surface area contributed by atoms with Gasteiger partial charge < -0.3 is 4.74 Å². The quantitative estimate of drug-likeness (QED) is 0.610. The van der Waals surface area contributed by atoms with Crippen LogP contribution in [0.25, 0.3) is 0 Å². The van der Waals surface area contributed by atoms with E-state index in [0.717, 1.165) is 28.8 Å². The molecule has 3 nitrogen and oxygen atoms in total. The van der Waals surface area contributed by atoms with Crippen LogP contribution in [0, 0.1) is 6.92 Å². The Morgan fingerprint density at radius 2 is 1.90 bits per heavy atom. The standard InChI is InChI=1S/C17H21BrN2O/c1-3-10-21-15-7-4-13(5-8-15)17(20-19)16-9-6-14(18)11-12(16)2/h4-9,11,17,20H,3,10,19H2,1-2H3. The molecule has 21 heavy (non-hydrogen) atoms. The highest BCUT2D eigenvalue weighted by molar-refractivity contribution is 9.10. The van der Waals surface area contributed by atoms with E-state index in [1.54, 1.807) is 0 Å². The van der Waals surface area contributed by atoms with Gasteiger partial charge in [-0.3, -0.25) is 5.84 Å². The molecule has 2 aromatic rings. The van der Waals surface area contributed by atoms with Crippen molar-refractivity contribution in [3.8, 4) is 5.75 Å². The molecular formula is C17H21BrN2O. The molecule has 4 heteroatoms. The average Bonchev–Trinajstić information content (AvgIpc) is 2.49. The summed E-state index contributed by atoms with van der Waals surface area (Å²) in [6.07, 6.45) is 1.01. The van der Waals surface area contributed by atoms with Crippen LogP contribution in [0.4, 0.5) is 0 Å². The van der Waals surface area contributed by atoms with Gasteiger partial charge in [0.1, 0.15) is 5.75 Å². The second kappa shape index (κ2) is 7.59. The largest absolute Gasteiger partial charge is 0.494 e. The van der Waals surface area contributed by atoms with Crippen LogP contribution in [0.1, 0.15) is 36.1 Å². The zero-order valence-electron chi connectivity index (χ0n) is 12.4. The number of nitrogens with one attached hydrogen (secondary N) is 1. The molecule has 112 valence electrons. The van der Waals surface area contributed by atoms with Crippen LogP contribution in [0.3, 0.4) is 0 Å². The number of aryl methyl sites for hydroxylation is 1. The van der Waals surface area contributed by atoms with Gasteiger partial charge in [-0.1, -0.05) is 41.1 Å². The van der Waals surface area contributed by atoms with Crippen molar-refractivity contribution in [2.45, 2.75) is 26.3 Å². The Morgan fingerprint density at radius 3 is 2.48 bits per heavy atom. The summed E-state index contributed by atoms with van der Waals surface area (Å²) in [7, 11) is 0. The molecule has 1 atom stereocenters. The molecule has 0 saturated heterocycles. The van der Waals surface area contributed by atoms with E-state index < -0.39 is 0 Å². The fourth-order valence-electron chi connectivity index (χ4n) is 2.30. The van der Waals surface area contributed by atoms with Crippen LogP contribution in [0.2, 0.25) is 0 Å². The molecule has 0 bridgehead atoms. The molecule has 0 aromatic heterocycles. The first-order valence-electron chi connectivity index (χ1n) is 7.10. The molecule has 0 fully saturated rings. The molecule has 1 unspecified atom stereocenters. The van der Waals surface area contributed by atoms with Crippen LogP contribution in [0.15, 0.2) is 46.9 Å². The van der Waals surface area contributed by atoms with Crippen molar-refractivity contribution in [3.05, 3.63) is 63.6 Å². The van der Waals surface area contributed by atoms with Crippen molar-refractivity contribution < 1.29 is 4.74 Å². The van der Waals surface area contributed by atoms with E-state index in [1.165, 1.54) is 11.1 Å². The highest BCUT2D eigenvalue weighted by atomic mass is 79.9. The Kier molecular flexibility index (Phi) is 5.79.